The fraction of sp³-hybridized carbons (Fsp3) is 0.235. The van der Waals surface area contributed by atoms with Crippen molar-refractivity contribution in [3.05, 3.63) is 69.4 Å². The van der Waals surface area contributed by atoms with Gasteiger partial charge in [-0.15, -0.1) is 0 Å². The molecule has 130 valence electrons. The van der Waals surface area contributed by atoms with E-state index in [2.05, 4.69) is 4.98 Å². The first kappa shape index (κ1) is 16.7. The standard InChI is InChI=1S/C17H16N2O6/c1-2-23-17(22)13-12(9-4-3-5-19-7-9)15-14(25-16(13)18)11(21)6-10(8-20)24-15/h3-7,12,20H,2,8,18H2,1H3/t12-/m1/s1. The lowest BCUT2D eigenvalue weighted by atomic mass is 9.87. The second kappa shape index (κ2) is 6.78. The van der Waals surface area contributed by atoms with Crippen molar-refractivity contribution in [1.82, 2.24) is 4.98 Å². The van der Waals surface area contributed by atoms with Gasteiger partial charge in [0.05, 0.1) is 12.5 Å². The zero-order valence-corrected chi connectivity index (χ0v) is 13.4. The SMILES string of the molecule is CCOC(=O)C1=C(N)Oc2c(oc(CO)cc2=O)[C@@H]1c1cccnc1. The number of hydrogen-bond donors (Lipinski definition) is 2. The Morgan fingerprint density at radius 3 is 2.92 bits per heavy atom. The highest BCUT2D eigenvalue weighted by Gasteiger charge is 2.39. The van der Waals surface area contributed by atoms with Crippen LogP contribution in [-0.2, 0) is 16.1 Å². The molecule has 8 nitrogen and oxygen atoms in total. The summed E-state index contributed by atoms with van der Waals surface area (Å²) in [6.07, 6.45) is 3.10. The van der Waals surface area contributed by atoms with E-state index in [9.17, 15) is 14.7 Å². The van der Waals surface area contributed by atoms with E-state index in [1.54, 1.807) is 25.3 Å². The van der Waals surface area contributed by atoms with Crippen LogP contribution in [0.5, 0.6) is 5.75 Å². The van der Waals surface area contributed by atoms with Gasteiger partial charge in [0.25, 0.3) is 0 Å². The predicted molar refractivity (Wildman–Crippen MR) is 85.5 cm³/mol. The second-order valence-corrected chi connectivity index (χ2v) is 5.25. The van der Waals surface area contributed by atoms with Crippen LogP contribution in [0, 0.1) is 0 Å². The van der Waals surface area contributed by atoms with Gasteiger partial charge in [0, 0.05) is 18.5 Å². The van der Waals surface area contributed by atoms with Gasteiger partial charge in [0.15, 0.2) is 5.76 Å². The van der Waals surface area contributed by atoms with Crippen LogP contribution >= 0.6 is 0 Å². The lowest BCUT2D eigenvalue weighted by Crippen LogP contribution is -2.30. The summed E-state index contributed by atoms with van der Waals surface area (Å²) in [4.78, 5) is 28.7. The molecule has 1 aliphatic heterocycles. The lowest BCUT2D eigenvalue weighted by Gasteiger charge is -2.26. The Balaban J connectivity index is 2.26. The minimum atomic E-state index is -0.837. The van der Waals surface area contributed by atoms with Gasteiger partial charge in [0.1, 0.15) is 17.9 Å². The Hall–Kier alpha value is -3.13. The van der Waals surface area contributed by atoms with Gasteiger partial charge in [-0.25, -0.2) is 4.79 Å². The van der Waals surface area contributed by atoms with E-state index in [0.29, 0.717) is 5.56 Å². The second-order valence-electron chi connectivity index (χ2n) is 5.25. The molecule has 3 rings (SSSR count). The van der Waals surface area contributed by atoms with Crippen LogP contribution in [0.3, 0.4) is 0 Å². The van der Waals surface area contributed by atoms with Crippen molar-refractivity contribution < 1.29 is 23.8 Å². The topological polar surface area (TPSA) is 125 Å². The van der Waals surface area contributed by atoms with E-state index in [1.165, 1.54) is 6.20 Å². The molecule has 2 aromatic rings. The monoisotopic (exact) mass is 344 g/mol. The van der Waals surface area contributed by atoms with Crippen LogP contribution in [0.1, 0.15) is 29.9 Å². The molecule has 0 spiro atoms. The molecule has 0 amide bonds. The zero-order valence-electron chi connectivity index (χ0n) is 13.4. The number of carbonyl (C=O) groups excluding carboxylic acids is 1. The molecule has 0 fully saturated rings. The molecule has 2 aromatic heterocycles. The molecule has 0 radical (unpaired) electrons. The normalized spacial score (nSPS) is 16.2. The first-order valence-electron chi connectivity index (χ1n) is 7.59. The Kier molecular flexibility index (Phi) is 4.53. The van der Waals surface area contributed by atoms with E-state index in [-0.39, 0.29) is 35.3 Å². The zero-order chi connectivity index (χ0) is 18.0. The average molecular weight is 344 g/mol. The van der Waals surface area contributed by atoms with Crippen molar-refractivity contribution in [2.24, 2.45) is 5.73 Å². The van der Waals surface area contributed by atoms with Crippen LogP contribution < -0.4 is 15.9 Å². The third-order valence-electron chi connectivity index (χ3n) is 3.68. The van der Waals surface area contributed by atoms with E-state index in [0.717, 1.165) is 6.07 Å². The minimum Gasteiger partial charge on any atom is -0.462 e. The number of rotatable bonds is 4. The van der Waals surface area contributed by atoms with Crippen LogP contribution in [0.25, 0.3) is 0 Å². The molecule has 0 saturated heterocycles. The average Bonchev–Trinajstić information content (AvgIpc) is 2.62. The molecule has 3 heterocycles. The van der Waals surface area contributed by atoms with E-state index < -0.39 is 23.9 Å². The number of fused-ring (bicyclic) bond motifs is 1. The van der Waals surface area contributed by atoms with Gasteiger partial charge < -0.3 is 24.7 Å². The number of carbonyl (C=O) groups is 1. The van der Waals surface area contributed by atoms with Crippen LogP contribution in [0.4, 0.5) is 0 Å². The maximum Gasteiger partial charge on any atom is 0.340 e. The summed E-state index contributed by atoms with van der Waals surface area (Å²) in [5.41, 5.74) is 5.97. The van der Waals surface area contributed by atoms with Crippen molar-refractivity contribution in [1.29, 1.82) is 0 Å². The molecule has 0 saturated carbocycles. The van der Waals surface area contributed by atoms with Crippen molar-refractivity contribution in [2.45, 2.75) is 19.4 Å². The molecule has 0 unspecified atom stereocenters. The minimum absolute atomic E-state index is 0.0144. The number of esters is 1. The Bertz CT molecular complexity index is 888. The fourth-order valence-electron chi connectivity index (χ4n) is 2.65. The van der Waals surface area contributed by atoms with Gasteiger partial charge in [-0.2, -0.15) is 0 Å². The summed E-state index contributed by atoms with van der Waals surface area (Å²) in [5, 5.41) is 9.32. The summed E-state index contributed by atoms with van der Waals surface area (Å²) in [6.45, 7) is 1.33. The number of nitrogens with zero attached hydrogens (tertiary/aromatic N) is 1. The molecule has 1 atom stereocenters. The summed E-state index contributed by atoms with van der Waals surface area (Å²) < 4.78 is 16.0. The highest BCUT2D eigenvalue weighted by Crippen LogP contribution is 2.41. The van der Waals surface area contributed by atoms with Gasteiger partial charge in [0.2, 0.25) is 17.1 Å². The Morgan fingerprint density at radius 1 is 1.48 bits per heavy atom. The van der Waals surface area contributed by atoms with E-state index in [1.807, 2.05) is 0 Å². The summed E-state index contributed by atoms with van der Waals surface area (Å²) >= 11 is 0. The van der Waals surface area contributed by atoms with Crippen molar-refractivity contribution >= 4 is 5.97 Å². The smallest absolute Gasteiger partial charge is 0.340 e. The summed E-state index contributed by atoms with van der Waals surface area (Å²) in [7, 11) is 0. The van der Waals surface area contributed by atoms with Gasteiger partial charge in [-0.3, -0.25) is 9.78 Å². The number of hydrogen-bond acceptors (Lipinski definition) is 8. The molecule has 0 bridgehead atoms. The highest BCUT2D eigenvalue weighted by atomic mass is 16.5. The molecule has 8 heteroatoms. The maximum absolute atomic E-state index is 12.4. The number of nitrogens with two attached hydrogens (primary N) is 1. The predicted octanol–water partition coefficient (Wildman–Crippen LogP) is 0.785. The van der Waals surface area contributed by atoms with Crippen LogP contribution in [0.2, 0.25) is 0 Å². The number of aliphatic hydroxyl groups is 1. The van der Waals surface area contributed by atoms with E-state index >= 15 is 0 Å². The third-order valence-corrected chi connectivity index (χ3v) is 3.68. The molecule has 0 aliphatic carbocycles. The van der Waals surface area contributed by atoms with Crippen LogP contribution in [0.15, 0.2) is 51.3 Å². The largest absolute Gasteiger partial charge is 0.462 e. The van der Waals surface area contributed by atoms with Crippen LogP contribution in [-0.4, -0.2) is 22.7 Å². The van der Waals surface area contributed by atoms with Gasteiger partial charge >= 0.3 is 5.97 Å². The number of aromatic nitrogens is 1. The summed E-state index contributed by atoms with van der Waals surface area (Å²) in [5.74, 6) is -1.76. The quantitative estimate of drug-likeness (QED) is 0.780. The summed E-state index contributed by atoms with van der Waals surface area (Å²) in [6, 6.07) is 4.50. The molecule has 0 aromatic carbocycles. The Morgan fingerprint density at radius 2 is 2.28 bits per heavy atom. The first-order chi connectivity index (χ1) is 12.1. The molecular weight excluding hydrogens is 328 g/mol. The first-order valence-corrected chi connectivity index (χ1v) is 7.59. The van der Waals surface area contributed by atoms with Crippen molar-refractivity contribution in [3.8, 4) is 5.75 Å². The number of ether oxygens (including phenoxy) is 2. The van der Waals surface area contributed by atoms with Gasteiger partial charge in [-0.05, 0) is 18.6 Å². The maximum atomic E-state index is 12.4. The number of aliphatic hydroxyl groups excluding tert-OH is 1. The molecule has 3 N–H and O–H groups in total. The molecule has 25 heavy (non-hydrogen) atoms. The Labute approximate surface area is 142 Å². The molecule has 1 aliphatic rings. The van der Waals surface area contributed by atoms with Crippen molar-refractivity contribution in [3.63, 3.8) is 0 Å². The number of pyridine rings is 1. The fourth-order valence-corrected chi connectivity index (χ4v) is 2.65. The van der Waals surface area contributed by atoms with Crippen molar-refractivity contribution in [2.75, 3.05) is 6.61 Å². The molecular formula is C17H16N2O6. The highest BCUT2D eigenvalue weighted by molar-refractivity contribution is 5.92. The van der Waals surface area contributed by atoms with Gasteiger partial charge in [-0.1, -0.05) is 6.07 Å². The lowest BCUT2D eigenvalue weighted by molar-refractivity contribution is -0.139. The third kappa shape index (κ3) is 2.99. The van der Waals surface area contributed by atoms with E-state index in [4.69, 9.17) is 19.6 Å².